The summed E-state index contributed by atoms with van der Waals surface area (Å²) < 4.78 is 5.63. The molecule has 1 aliphatic carbocycles. The molecule has 1 saturated carbocycles. The van der Waals surface area contributed by atoms with Crippen LogP contribution in [0.4, 0.5) is 0 Å². The van der Waals surface area contributed by atoms with Crippen LogP contribution < -0.4 is 10.6 Å². The second-order valence-electron chi connectivity index (χ2n) is 5.79. The Balaban J connectivity index is 0.00000242. The van der Waals surface area contributed by atoms with Crippen molar-refractivity contribution < 1.29 is 9.52 Å². The Hall–Kier alpha value is -0.760. The van der Waals surface area contributed by atoms with E-state index in [1.54, 1.807) is 0 Å². The van der Waals surface area contributed by atoms with Crippen LogP contribution in [0.3, 0.4) is 0 Å². The molecule has 0 aromatic carbocycles. The second-order valence-corrected chi connectivity index (χ2v) is 5.79. The summed E-state index contributed by atoms with van der Waals surface area (Å²) in [6.07, 6.45) is 2.89. The van der Waals surface area contributed by atoms with Gasteiger partial charge in [-0.3, -0.25) is 4.99 Å². The average Bonchev–Trinajstić information content (AvgIpc) is 3.05. The van der Waals surface area contributed by atoms with Gasteiger partial charge in [0.25, 0.3) is 0 Å². The van der Waals surface area contributed by atoms with E-state index in [1.807, 2.05) is 26.0 Å². The molecule has 22 heavy (non-hydrogen) atoms. The van der Waals surface area contributed by atoms with Crippen molar-refractivity contribution in [3.8, 4) is 0 Å². The predicted octanol–water partition coefficient (Wildman–Crippen LogP) is 2.98. The van der Waals surface area contributed by atoms with Gasteiger partial charge in [-0.1, -0.05) is 6.42 Å². The topological polar surface area (TPSA) is 69.8 Å². The molecule has 3 atom stereocenters. The van der Waals surface area contributed by atoms with Crippen LogP contribution in [-0.2, 0) is 0 Å². The summed E-state index contributed by atoms with van der Waals surface area (Å²) in [6, 6.07) is 4.01. The Morgan fingerprint density at radius 2 is 2.23 bits per heavy atom. The highest BCUT2D eigenvalue weighted by atomic mass is 127. The summed E-state index contributed by atoms with van der Waals surface area (Å²) in [7, 11) is 0. The fraction of sp³-hybridized carbons (Fsp3) is 0.688. The number of guanidine groups is 1. The molecule has 0 radical (unpaired) electrons. The summed E-state index contributed by atoms with van der Waals surface area (Å²) in [5.41, 5.74) is 0. The quantitative estimate of drug-likeness (QED) is 0.389. The summed E-state index contributed by atoms with van der Waals surface area (Å²) in [5.74, 6) is 2.88. The number of halogens is 1. The molecule has 0 aliphatic heterocycles. The lowest BCUT2D eigenvalue weighted by atomic mass is 10.1. The zero-order valence-electron chi connectivity index (χ0n) is 13.6. The van der Waals surface area contributed by atoms with Gasteiger partial charge in [-0.2, -0.15) is 0 Å². The standard InChI is InChI=1S/C16H27N3O2.HI/c1-4-17-16(18-10-13-6-5-7-14(13)20)19-12(3)15-9-8-11(2)21-15;/h8-9,12-14,20H,4-7,10H2,1-3H3,(H2,17,18,19);1H. The lowest BCUT2D eigenvalue weighted by Crippen LogP contribution is -2.39. The maximum Gasteiger partial charge on any atom is 0.191 e. The van der Waals surface area contributed by atoms with Crippen LogP contribution in [0.5, 0.6) is 0 Å². The second kappa shape index (κ2) is 9.39. The minimum absolute atomic E-state index is 0. The molecule has 0 spiro atoms. The minimum atomic E-state index is -0.193. The Bertz CT molecular complexity index is 476. The molecule has 1 aromatic heterocycles. The monoisotopic (exact) mass is 421 g/mol. The molecular weight excluding hydrogens is 393 g/mol. The third-order valence-electron chi connectivity index (χ3n) is 3.99. The molecule has 6 heteroatoms. The predicted molar refractivity (Wildman–Crippen MR) is 99.7 cm³/mol. The average molecular weight is 421 g/mol. The third-order valence-corrected chi connectivity index (χ3v) is 3.99. The van der Waals surface area contributed by atoms with Gasteiger partial charge in [0.2, 0.25) is 0 Å². The molecule has 1 heterocycles. The molecule has 1 fully saturated rings. The third kappa shape index (κ3) is 5.46. The Morgan fingerprint density at radius 1 is 1.45 bits per heavy atom. The molecule has 1 aromatic rings. The molecular formula is C16H28IN3O2. The van der Waals surface area contributed by atoms with E-state index in [4.69, 9.17) is 4.42 Å². The summed E-state index contributed by atoms with van der Waals surface area (Å²) in [5, 5.41) is 16.5. The van der Waals surface area contributed by atoms with E-state index < -0.39 is 0 Å². The van der Waals surface area contributed by atoms with Crippen LogP contribution in [0.15, 0.2) is 21.5 Å². The first-order valence-corrected chi connectivity index (χ1v) is 7.89. The number of nitrogens with one attached hydrogen (secondary N) is 2. The van der Waals surface area contributed by atoms with Crippen molar-refractivity contribution in [3.05, 3.63) is 23.7 Å². The van der Waals surface area contributed by atoms with Gasteiger partial charge in [-0.25, -0.2) is 0 Å². The largest absolute Gasteiger partial charge is 0.464 e. The first kappa shape index (κ1) is 19.3. The van der Waals surface area contributed by atoms with Crippen molar-refractivity contribution >= 4 is 29.9 Å². The number of hydrogen-bond donors (Lipinski definition) is 3. The molecule has 2 rings (SSSR count). The number of aliphatic hydroxyl groups excluding tert-OH is 1. The Kier molecular flexibility index (Phi) is 8.24. The highest BCUT2D eigenvalue weighted by Gasteiger charge is 2.24. The van der Waals surface area contributed by atoms with Crippen LogP contribution >= 0.6 is 24.0 Å². The van der Waals surface area contributed by atoms with Crippen molar-refractivity contribution in [2.75, 3.05) is 13.1 Å². The van der Waals surface area contributed by atoms with Crippen LogP contribution in [0.25, 0.3) is 0 Å². The first-order chi connectivity index (χ1) is 10.1. The summed E-state index contributed by atoms with van der Waals surface area (Å²) in [6.45, 7) is 7.51. The highest BCUT2D eigenvalue weighted by molar-refractivity contribution is 14.0. The van der Waals surface area contributed by atoms with Gasteiger partial charge < -0.3 is 20.2 Å². The zero-order valence-corrected chi connectivity index (χ0v) is 16.0. The first-order valence-electron chi connectivity index (χ1n) is 7.89. The number of aryl methyl sites for hydroxylation is 1. The number of aliphatic imine (C=N–C) groups is 1. The fourth-order valence-corrected chi connectivity index (χ4v) is 2.72. The van der Waals surface area contributed by atoms with Crippen molar-refractivity contribution in [1.29, 1.82) is 0 Å². The van der Waals surface area contributed by atoms with Gasteiger partial charge in [0.15, 0.2) is 5.96 Å². The van der Waals surface area contributed by atoms with E-state index in [-0.39, 0.29) is 36.1 Å². The van der Waals surface area contributed by atoms with Crippen LogP contribution in [0.1, 0.15) is 50.7 Å². The summed E-state index contributed by atoms with van der Waals surface area (Å²) in [4.78, 5) is 4.61. The van der Waals surface area contributed by atoms with E-state index in [0.29, 0.717) is 12.5 Å². The SMILES string of the molecule is CCNC(=NCC1CCCC1O)NC(C)c1ccc(C)o1.I. The van der Waals surface area contributed by atoms with Gasteiger partial charge >= 0.3 is 0 Å². The van der Waals surface area contributed by atoms with Gasteiger partial charge in [0, 0.05) is 19.0 Å². The van der Waals surface area contributed by atoms with Crippen LogP contribution in [0.2, 0.25) is 0 Å². The maximum absolute atomic E-state index is 9.87. The van der Waals surface area contributed by atoms with Crippen molar-refractivity contribution in [3.63, 3.8) is 0 Å². The lowest BCUT2D eigenvalue weighted by Gasteiger charge is -2.18. The van der Waals surface area contributed by atoms with E-state index >= 15 is 0 Å². The van der Waals surface area contributed by atoms with Crippen LogP contribution in [0, 0.1) is 12.8 Å². The molecule has 0 amide bonds. The van der Waals surface area contributed by atoms with Crippen molar-refractivity contribution in [2.45, 2.75) is 52.2 Å². The van der Waals surface area contributed by atoms with Gasteiger partial charge in [0.1, 0.15) is 11.5 Å². The van der Waals surface area contributed by atoms with E-state index in [2.05, 4.69) is 22.5 Å². The van der Waals surface area contributed by atoms with Crippen molar-refractivity contribution in [1.82, 2.24) is 10.6 Å². The minimum Gasteiger partial charge on any atom is -0.464 e. The fourth-order valence-electron chi connectivity index (χ4n) is 2.72. The molecule has 1 aliphatic rings. The Labute approximate surface area is 150 Å². The van der Waals surface area contributed by atoms with E-state index in [9.17, 15) is 5.11 Å². The van der Waals surface area contributed by atoms with Gasteiger partial charge in [-0.15, -0.1) is 24.0 Å². The normalized spacial score (nSPS) is 23.0. The number of nitrogens with zero attached hydrogens (tertiary/aromatic N) is 1. The summed E-state index contributed by atoms with van der Waals surface area (Å²) >= 11 is 0. The Morgan fingerprint density at radius 3 is 2.77 bits per heavy atom. The molecule has 3 N–H and O–H groups in total. The maximum atomic E-state index is 9.87. The van der Waals surface area contributed by atoms with E-state index in [1.165, 1.54) is 0 Å². The van der Waals surface area contributed by atoms with Crippen LogP contribution in [-0.4, -0.2) is 30.3 Å². The molecule has 3 unspecified atom stereocenters. The highest BCUT2D eigenvalue weighted by Crippen LogP contribution is 2.25. The van der Waals surface area contributed by atoms with Crippen molar-refractivity contribution in [2.24, 2.45) is 10.9 Å². The zero-order chi connectivity index (χ0) is 15.2. The van der Waals surface area contributed by atoms with Gasteiger partial charge in [0.05, 0.1) is 12.1 Å². The molecule has 5 nitrogen and oxygen atoms in total. The number of rotatable bonds is 5. The molecule has 126 valence electrons. The smallest absolute Gasteiger partial charge is 0.191 e. The number of aliphatic hydroxyl groups is 1. The lowest BCUT2D eigenvalue weighted by molar-refractivity contribution is 0.136. The number of hydrogen-bond acceptors (Lipinski definition) is 3. The molecule has 0 bridgehead atoms. The number of furan rings is 1. The molecule has 0 saturated heterocycles. The van der Waals surface area contributed by atoms with E-state index in [0.717, 1.165) is 43.3 Å². The van der Waals surface area contributed by atoms with Gasteiger partial charge in [-0.05, 0) is 45.7 Å².